The van der Waals surface area contributed by atoms with Crippen LogP contribution in [0.1, 0.15) is 42.4 Å². The fraction of sp³-hybridized carbons (Fsp3) is 0.625. The van der Waals surface area contributed by atoms with Crippen LogP contribution in [-0.2, 0) is 10.3 Å². The van der Waals surface area contributed by atoms with E-state index in [9.17, 15) is 0 Å². The van der Waals surface area contributed by atoms with Crippen LogP contribution in [0.3, 0.4) is 0 Å². The predicted octanol–water partition coefficient (Wildman–Crippen LogP) is 3.05. The summed E-state index contributed by atoms with van der Waals surface area (Å²) < 4.78 is 5.47. The summed E-state index contributed by atoms with van der Waals surface area (Å²) in [6.45, 7) is 6.15. The van der Waals surface area contributed by atoms with E-state index >= 15 is 0 Å². The molecule has 98 valence electrons. The molecule has 3 rings (SSSR count). The van der Waals surface area contributed by atoms with E-state index in [1.54, 1.807) is 0 Å². The normalized spacial score (nSPS) is 24.8. The summed E-state index contributed by atoms with van der Waals surface area (Å²) >= 11 is 0. The molecule has 1 spiro atoms. The molecule has 2 heteroatoms. The molecule has 0 aromatic heterocycles. The largest absolute Gasteiger partial charge is 0.381 e. The Labute approximate surface area is 110 Å². The van der Waals surface area contributed by atoms with Gasteiger partial charge in [0.05, 0.1) is 0 Å². The molecule has 1 heterocycles. The fourth-order valence-corrected chi connectivity index (χ4v) is 3.91. The summed E-state index contributed by atoms with van der Waals surface area (Å²) in [5.41, 5.74) is 11.0. The van der Waals surface area contributed by atoms with Crippen LogP contribution in [0.25, 0.3) is 0 Å². The first-order valence-electron chi connectivity index (χ1n) is 6.97. The number of hydrogen-bond donors (Lipinski definition) is 1. The Morgan fingerprint density at radius 3 is 2.11 bits per heavy atom. The lowest BCUT2D eigenvalue weighted by Gasteiger charge is -2.56. The van der Waals surface area contributed by atoms with Crippen molar-refractivity contribution < 1.29 is 4.74 Å². The van der Waals surface area contributed by atoms with Crippen molar-refractivity contribution >= 4 is 0 Å². The third-order valence-corrected chi connectivity index (χ3v) is 4.73. The Bertz CT molecular complexity index is 432. The van der Waals surface area contributed by atoms with Gasteiger partial charge in [-0.2, -0.15) is 0 Å². The number of nitrogens with two attached hydrogens (primary N) is 1. The van der Waals surface area contributed by atoms with Crippen molar-refractivity contribution in [2.45, 2.75) is 45.1 Å². The second kappa shape index (κ2) is 4.07. The summed E-state index contributed by atoms with van der Waals surface area (Å²) in [5, 5.41) is 0. The van der Waals surface area contributed by atoms with Crippen molar-refractivity contribution in [3.8, 4) is 0 Å². The highest BCUT2D eigenvalue weighted by Crippen LogP contribution is 2.57. The Hall–Kier alpha value is -0.860. The minimum absolute atomic E-state index is 0.0892. The highest BCUT2D eigenvalue weighted by molar-refractivity contribution is 5.36. The van der Waals surface area contributed by atoms with Crippen molar-refractivity contribution in [2.75, 3.05) is 13.2 Å². The molecule has 2 fully saturated rings. The lowest BCUT2D eigenvalue weighted by Crippen LogP contribution is -2.57. The Morgan fingerprint density at radius 1 is 1.00 bits per heavy atom. The number of benzene rings is 1. The van der Waals surface area contributed by atoms with Crippen molar-refractivity contribution in [1.29, 1.82) is 0 Å². The monoisotopic (exact) mass is 245 g/mol. The van der Waals surface area contributed by atoms with Crippen LogP contribution in [0.4, 0.5) is 0 Å². The zero-order valence-electron chi connectivity index (χ0n) is 11.5. The molecular weight excluding hydrogens is 222 g/mol. The quantitative estimate of drug-likeness (QED) is 0.825. The zero-order chi connectivity index (χ0) is 12.8. The molecule has 18 heavy (non-hydrogen) atoms. The molecule has 0 radical (unpaired) electrons. The van der Waals surface area contributed by atoms with Crippen molar-refractivity contribution in [2.24, 2.45) is 11.1 Å². The maximum atomic E-state index is 6.63. The number of hydrogen-bond acceptors (Lipinski definition) is 2. The number of aryl methyl sites for hydroxylation is 2. The van der Waals surface area contributed by atoms with E-state index in [0.717, 1.165) is 26.1 Å². The van der Waals surface area contributed by atoms with Crippen LogP contribution >= 0.6 is 0 Å². The van der Waals surface area contributed by atoms with Crippen molar-refractivity contribution in [3.63, 3.8) is 0 Å². The van der Waals surface area contributed by atoms with E-state index in [1.807, 2.05) is 0 Å². The molecule has 0 amide bonds. The van der Waals surface area contributed by atoms with Gasteiger partial charge in [0, 0.05) is 18.8 Å². The second-order valence-electron chi connectivity index (χ2n) is 6.50. The average Bonchev–Trinajstić information content (AvgIpc) is 2.27. The predicted molar refractivity (Wildman–Crippen MR) is 73.5 cm³/mol. The number of ether oxygens (including phenoxy) is 1. The average molecular weight is 245 g/mol. The molecule has 1 aliphatic carbocycles. The molecule has 2 aliphatic rings. The topological polar surface area (TPSA) is 35.2 Å². The molecule has 1 aromatic rings. The Morgan fingerprint density at radius 2 is 1.56 bits per heavy atom. The first kappa shape index (κ1) is 12.2. The SMILES string of the molecule is Cc1cc(C)cc(C2(N)CC3(CCOCC3)C2)c1. The lowest BCUT2D eigenvalue weighted by atomic mass is 9.52. The maximum absolute atomic E-state index is 6.63. The van der Waals surface area contributed by atoms with E-state index in [1.165, 1.54) is 29.5 Å². The van der Waals surface area contributed by atoms with Gasteiger partial charge in [0.25, 0.3) is 0 Å². The van der Waals surface area contributed by atoms with Gasteiger partial charge in [-0.3, -0.25) is 0 Å². The first-order chi connectivity index (χ1) is 8.51. The lowest BCUT2D eigenvalue weighted by molar-refractivity contribution is -0.0725. The summed E-state index contributed by atoms with van der Waals surface area (Å²) in [6.07, 6.45) is 4.64. The van der Waals surface area contributed by atoms with Crippen molar-refractivity contribution in [1.82, 2.24) is 0 Å². The second-order valence-corrected chi connectivity index (χ2v) is 6.50. The molecule has 0 atom stereocenters. The standard InChI is InChI=1S/C16H23NO/c1-12-7-13(2)9-14(8-12)16(17)10-15(11-16)3-5-18-6-4-15/h7-9H,3-6,10-11,17H2,1-2H3. The summed E-state index contributed by atoms with van der Waals surface area (Å²) in [4.78, 5) is 0. The first-order valence-corrected chi connectivity index (χ1v) is 6.97. The molecule has 1 aliphatic heterocycles. The van der Waals surface area contributed by atoms with Gasteiger partial charge in [-0.15, -0.1) is 0 Å². The molecule has 1 aromatic carbocycles. The van der Waals surface area contributed by atoms with Crippen LogP contribution in [0.2, 0.25) is 0 Å². The third-order valence-electron chi connectivity index (χ3n) is 4.73. The van der Waals surface area contributed by atoms with E-state index < -0.39 is 0 Å². The van der Waals surface area contributed by atoms with E-state index in [0.29, 0.717) is 5.41 Å². The van der Waals surface area contributed by atoms with Crippen LogP contribution < -0.4 is 5.73 Å². The van der Waals surface area contributed by atoms with Gasteiger partial charge in [-0.25, -0.2) is 0 Å². The maximum Gasteiger partial charge on any atom is 0.0471 e. The van der Waals surface area contributed by atoms with Gasteiger partial charge in [0.15, 0.2) is 0 Å². The van der Waals surface area contributed by atoms with Gasteiger partial charge in [-0.1, -0.05) is 29.3 Å². The van der Waals surface area contributed by atoms with Gasteiger partial charge in [0.2, 0.25) is 0 Å². The fourth-order valence-electron chi connectivity index (χ4n) is 3.91. The van der Waals surface area contributed by atoms with Crippen LogP contribution in [-0.4, -0.2) is 13.2 Å². The molecule has 0 unspecified atom stereocenters. The number of rotatable bonds is 1. The zero-order valence-corrected chi connectivity index (χ0v) is 11.5. The summed E-state index contributed by atoms with van der Waals surface area (Å²) in [7, 11) is 0. The van der Waals surface area contributed by atoms with Gasteiger partial charge in [-0.05, 0) is 50.5 Å². The molecule has 2 nitrogen and oxygen atoms in total. The van der Waals surface area contributed by atoms with Gasteiger partial charge in [0.1, 0.15) is 0 Å². The third kappa shape index (κ3) is 1.98. The Kier molecular flexibility index (Phi) is 2.76. The summed E-state index contributed by atoms with van der Waals surface area (Å²) in [6, 6.07) is 6.74. The van der Waals surface area contributed by atoms with E-state index in [2.05, 4.69) is 32.0 Å². The van der Waals surface area contributed by atoms with E-state index in [4.69, 9.17) is 10.5 Å². The van der Waals surface area contributed by atoms with Gasteiger partial charge < -0.3 is 10.5 Å². The van der Waals surface area contributed by atoms with E-state index in [-0.39, 0.29) is 5.54 Å². The van der Waals surface area contributed by atoms with Crippen LogP contribution in [0.15, 0.2) is 18.2 Å². The molecule has 1 saturated heterocycles. The molecule has 0 bridgehead atoms. The highest BCUT2D eigenvalue weighted by atomic mass is 16.5. The van der Waals surface area contributed by atoms with Crippen LogP contribution in [0, 0.1) is 19.3 Å². The molecule has 2 N–H and O–H groups in total. The minimum atomic E-state index is -0.0892. The smallest absolute Gasteiger partial charge is 0.0471 e. The molecule has 1 saturated carbocycles. The van der Waals surface area contributed by atoms with Gasteiger partial charge >= 0.3 is 0 Å². The Balaban J connectivity index is 1.81. The molecular formula is C16H23NO. The highest BCUT2D eigenvalue weighted by Gasteiger charge is 2.53. The van der Waals surface area contributed by atoms with Crippen LogP contribution in [0.5, 0.6) is 0 Å². The van der Waals surface area contributed by atoms with Crippen molar-refractivity contribution in [3.05, 3.63) is 34.9 Å². The minimum Gasteiger partial charge on any atom is -0.381 e. The summed E-state index contributed by atoms with van der Waals surface area (Å²) in [5.74, 6) is 0.